The maximum absolute atomic E-state index is 10.0. The van der Waals surface area contributed by atoms with Crippen LogP contribution in [0.15, 0.2) is 36.4 Å². The molecular weight excluding hydrogens is 408 g/mol. The third-order valence-corrected chi connectivity index (χ3v) is 5.93. The van der Waals surface area contributed by atoms with E-state index in [1.807, 2.05) is 37.3 Å². The molecule has 3 unspecified atom stereocenters. The van der Waals surface area contributed by atoms with Crippen LogP contribution in [0.25, 0.3) is 0 Å². The van der Waals surface area contributed by atoms with Gasteiger partial charge in [0.1, 0.15) is 12.7 Å². The van der Waals surface area contributed by atoms with E-state index in [0.717, 1.165) is 29.9 Å². The van der Waals surface area contributed by atoms with E-state index < -0.39 is 5.41 Å². The zero-order valence-corrected chi connectivity index (χ0v) is 19.2. The van der Waals surface area contributed by atoms with Gasteiger partial charge in [-0.1, -0.05) is 12.1 Å². The van der Waals surface area contributed by atoms with Crippen molar-refractivity contribution in [3.63, 3.8) is 0 Å². The highest BCUT2D eigenvalue weighted by molar-refractivity contribution is 5.59. The van der Waals surface area contributed by atoms with Crippen LogP contribution >= 0.6 is 0 Å². The average Bonchev–Trinajstić information content (AvgIpc) is 2.82. The summed E-state index contributed by atoms with van der Waals surface area (Å²) in [7, 11) is 4.70. The number of hydrogen-bond donors (Lipinski definition) is 1. The highest BCUT2D eigenvalue weighted by atomic mass is 16.6. The molecular formula is C25H32N2O5. The van der Waals surface area contributed by atoms with Crippen molar-refractivity contribution in [3.8, 4) is 34.8 Å². The quantitative estimate of drug-likeness (QED) is 0.591. The molecule has 0 amide bonds. The Morgan fingerprint density at radius 2 is 1.81 bits per heavy atom. The second kappa shape index (κ2) is 10.5. The number of hydrogen-bond acceptors (Lipinski definition) is 7. The van der Waals surface area contributed by atoms with Crippen LogP contribution in [0.5, 0.6) is 28.7 Å². The van der Waals surface area contributed by atoms with E-state index in [9.17, 15) is 5.26 Å². The molecule has 0 saturated carbocycles. The molecule has 0 radical (unpaired) electrons. The first-order valence-corrected chi connectivity index (χ1v) is 10.8. The van der Waals surface area contributed by atoms with Gasteiger partial charge in [0.15, 0.2) is 23.0 Å². The topological polar surface area (TPSA) is 96.0 Å². The fourth-order valence-electron chi connectivity index (χ4n) is 4.14. The lowest BCUT2D eigenvalue weighted by atomic mass is 9.78. The molecule has 2 aromatic rings. The molecule has 172 valence electrons. The highest BCUT2D eigenvalue weighted by Gasteiger charge is 2.33. The molecule has 3 atom stereocenters. The van der Waals surface area contributed by atoms with Crippen molar-refractivity contribution in [2.24, 2.45) is 5.73 Å². The molecule has 0 aromatic heterocycles. The van der Waals surface area contributed by atoms with Gasteiger partial charge in [0.2, 0.25) is 5.75 Å². The number of fused-ring (bicyclic) bond motifs is 1. The normalized spacial score (nSPS) is 17.6. The predicted molar refractivity (Wildman–Crippen MR) is 122 cm³/mol. The second-order valence-corrected chi connectivity index (χ2v) is 8.21. The highest BCUT2D eigenvalue weighted by Crippen LogP contribution is 2.45. The van der Waals surface area contributed by atoms with E-state index in [0.29, 0.717) is 36.7 Å². The summed E-state index contributed by atoms with van der Waals surface area (Å²) in [6.45, 7) is 2.40. The van der Waals surface area contributed by atoms with Crippen molar-refractivity contribution < 1.29 is 23.7 Å². The molecule has 0 spiro atoms. The van der Waals surface area contributed by atoms with Gasteiger partial charge >= 0.3 is 0 Å². The standard InChI is InChI=1S/C25H32N2O5/c1-25(16-26,19-11-12-22(28-2)24(30-4)23(19)29-3)13-7-8-17(27)14-18-15-31-20-9-5-6-10-21(20)32-18/h5-6,9-12,17-18H,7-8,13-15,27H2,1-4H3. The fourth-order valence-corrected chi connectivity index (χ4v) is 4.14. The Morgan fingerprint density at radius 1 is 1.09 bits per heavy atom. The Balaban J connectivity index is 1.61. The van der Waals surface area contributed by atoms with E-state index in [1.165, 1.54) is 0 Å². The summed E-state index contributed by atoms with van der Waals surface area (Å²) in [4.78, 5) is 0. The number of methoxy groups -OCH3 is 3. The van der Waals surface area contributed by atoms with Crippen molar-refractivity contribution in [3.05, 3.63) is 42.0 Å². The van der Waals surface area contributed by atoms with Gasteiger partial charge in [-0.15, -0.1) is 0 Å². The monoisotopic (exact) mass is 440 g/mol. The summed E-state index contributed by atoms with van der Waals surface area (Å²) >= 11 is 0. The van der Waals surface area contributed by atoms with Gasteiger partial charge in [0.05, 0.1) is 32.8 Å². The Bertz CT molecular complexity index is 958. The minimum absolute atomic E-state index is 0.0518. The van der Waals surface area contributed by atoms with Crippen LogP contribution in [0.1, 0.15) is 38.2 Å². The van der Waals surface area contributed by atoms with Crippen LogP contribution in [-0.4, -0.2) is 40.1 Å². The largest absolute Gasteiger partial charge is 0.493 e. The van der Waals surface area contributed by atoms with Gasteiger partial charge in [-0.3, -0.25) is 0 Å². The van der Waals surface area contributed by atoms with E-state index in [2.05, 4.69) is 6.07 Å². The smallest absolute Gasteiger partial charge is 0.203 e. The number of nitrogens with zero attached hydrogens (tertiary/aromatic N) is 1. The SMILES string of the molecule is COc1ccc(C(C)(C#N)CCCC(N)CC2COc3ccccc3O2)c(OC)c1OC. The van der Waals surface area contributed by atoms with Gasteiger partial charge in [-0.2, -0.15) is 5.26 Å². The Kier molecular flexibility index (Phi) is 7.70. The maximum atomic E-state index is 10.0. The number of nitriles is 1. The summed E-state index contributed by atoms with van der Waals surface area (Å²) in [5.74, 6) is 3.10. The summed E-state index contributed by atoms with van der Waals surface area (Å²) in [5, 5.41) is 10.0. The van der Waals surface area contributed by atoms with Crippen molar-refractivity contribution in [2.75, 3.05) is 27.9 Å². The van der Waals surface area contributed by atoms with Crippen molar-refractivity contribution >= 4 is 0 Å². The molecule has 2 N–H and O–H groups in total. The molecule has 0 saturated heterocycles. The number of para-hydroxylation sites is 2. The van der Waals surface area contributed by atoms with Crippen molar-refractivity contribution in [2.45, 2.75) is 50.2 Å². The first-order chi connectivity index (χ1) is 15.5. The second-order valence-electron chi connectivity index (χ2n) is 8.21. The molecule has 1 aliphatic heterocycles. The fraction of sp³-hybridized carbons (Fsp3) is 0.480. The third kappa shape index (κ3) is 5.03. The van der Waals surface area contributed by atoms with Gasteiger partial charge in [-0.25, -0.2) is 0 Å². The number of rotatable bonds is 10. The van der Waals surface area contributed by atoms with E-state index in [4.69, 9.17) is 29.4 Å². The lowest BCUT2D eigenvalue weighted by Gasteiger charge is -2.29. The summed E-state index contributed by atoms with van der Waals surface area (Å²) in [6.07, 6.45) is 2.81. The van der Waals surface area contributed by atoms with Crippen LogP contribution in [0, 0.1) is 11.3 Å². The van der Waals surface area contributed by atoms with Crippen LogP contribution in [0.3, 0.4) is 0 Å². The average molecular weight is 441 g/mol. The van der Waals surface area contributed by atoms with Crippen LogP contribution in [0.2, 0.25) is 0 Å². The van der Waals surface area contributed by atoms with Gasteiger partial charge in [0, 0.05) is 18.0 Å². The molecule has 2 aromatic carbocycles. The lowest BCUT2D eigenvalue weighted by molar-refractivity contribution is 0.0789. The predicted octanol–water partition coefficient (Wildman–Crippen LogP) is 4.22. The van der Waals surface area contributed by atoms with Gasteiger partial charge < -0.3 is 29.4 Å². The molecule has 1 heterocycles. The first kappa shape index (κ1) is 23.6. The molecule has 0 bridgehead atoms. The van der Waals surface area contributed by atoms with E-state index in [-0.39, 0.29) is 12.1 Å². The van der Waals surface area contributed by atoms with Crippen LogP contribution < -0.4 is 29.4 Å². The van der Waals surface area contributed by atoms with Gasteiger partial charge in [0.25, 0.3) is 0 Å². The molecule has 7 heteroatoms. The zero-order chi connectivity index (χ0) is 23.1. The van der Waals surface area contributed by atoms with E-state index in [1.54, 1.807) is 27.4 Å². The maximum Gasteiger partial charge on any atom is 0.203 e. The molecule has 32 heavy (non-hydrogen) atoms. The molecule has 1 aliphatic rings. The van der Waals surface area contributed by atoms with E-state index >= 15 is 0 Å². The lowest BCUT2D eigenvalue weighted by Crippen LogP contribution is -2.36. The molecule has 7 nitrogen and oxygen atoms in total. The molecule has 3 rings (SSSR count). The number of nitrogens with two attached hydrogens (primary N) is 1. The number of benzene rings is 2. The minimum atomic E-state index is -0.756. The Morgan fingerprint density at radius 3 is 2.47 bits per heavy atom. The summed E-state index contributed by atoms with van der Waals surface area (Å²) in [5.41, 5.74) is 6.41. The van der Waals surface area contributed by atoms with Gasteiger partial charge in [-0.05, 0) is 50.5 Å². The summed E-state index contributed by atoms with van der Waals surface area (Å²) in [6, 6.07) is 13.7. The molecule has 0 fully saturated rings. The van der Waals surface area contributed by atoms with Crippen LogP contribution in [0.4, 0.5) is 0 Å². The Labute approximate surface area is 190 Å². The van der Waals surface area contributed by atoms with Crippen LogP contribution in [-0.2, 0) is 5.41 Å². The van der Waals surface area contributed by atoms with Crippen molar-refractivity contribution in [1.82, 2.24) is 0 Å². The number of ether oxygens (including phenoxy) is 5. The minimum Gasteiger partial charge on any atom is -0.493 e. The summed E-state index contributed by atoms with van der Waals surface area (Å²) < 4.78 is 28.2. The Hall–Kier alpha value is -3.11. The first-order valence-electron chi connectivity index (χ1n) is 10.8. The van der Waals surface area contributed by atoms with Crippen molar-refractivity contribution in [1.29, 1.82) is 5.26 Å². The zero-order valence-electron chi connectivity index (χ0n) is 19.2. The molecule has 0 aliphatic carbocycles. The third-order valence-electron chi connectivity index (χ3n) is 5.93.